The Bertz CT molecular complexity index is 879. The van der Waals surface area contributed by atoms with Crippen molar-refractivity contribution in [2.24, 2.45) is 0 Å². The standard InChI is InChI=1S/C22H26N2O2S/c1-7-9-23-20(25)19(27-21(23)26)12-16-11-17-15(4)13-22(5,6)24(8-2)18(17)10-14(16)3/h1,10-12,15H,8-9,13H2,2-6H3/b19-12-/t15-/m1/s1. The molecule has 2 amide bonds. The SMILES string of the molecule is C#CCN1C(=O)S/C(=C\c2cc3c(cc2C)N(CC)C(C)(C)C[C@H]3C)C1=O. The molecule has 1 aromatic carbocycles. The summed E-state index contributed by atoms with van der Waals surface area (Å²) in [5, 5.41) is -0.299. The number of anilines is 1. The number of hydrogen-bond acceptors (Lipinski definition) is 4. The van der Waals surface area contributed by atoms with Crippen LogP contribution < -0.4 is 4.90 Å². The quantitative estimate of drug-likeness (QED) is 0.557. The maximum absolute atomic E-state index is 12.5. The van der Waals surface area contributed by atoms with Crippen LogP contribution in [0, 0.1) is 19.3 Å². The van der Waals surface area contributed by atoms with E-state index in [9.17, 15) is 9.59 Å². The van der Waals surface area contributed by atoms with Crippen LogP contribution in [0.25, 0.3) is 6.08 Å². The topological polar surface area (TPSA) is 40.6 Å². The molecule has 0 N–H and O–H groups in total. The van der Waals surface area contributed by atoms with Crippen molar-refractivity contribution in [2.45, 2.75) is 52.5 Å². The maximum Gasteiger partial charge on any atom is 0.294 e. The van der Waals surface area contributed by atoms with E-state index in [2.05, 4.69) is 57.6 Å². The summed E-state index contributed by atoms with van der Waals surface area (Å²) < 4.78 is 0. The van der Waals surface area contributed by atoms with Gasteiger partial charge in [0.25, 0.3) is 11.1 Å². The summed E-state index contributed by atoms with van der Waals surface area (Å²) in [4.78, 5) is 28.5. The number of nitrogens with zero attached hydrogens (tertiary/aromatic N) is 2. The number of aryl methyl sites for hydroxylation is 1. The van der Waals surface area contributed by atoms with E-state index in [1.165, 1.54) is 11.3 Å². The van der Waals surface area contributed by atoms with Crippen molar-refractivity contribution in [3.05, 3.63) is 33.7 Å². The second kappa shape index (κ2) is 7.09. The van der Waals surface area contributed by atoms with Gasteiger partial charge in [-0.3, -0.25) is 14.5 Å². The van der Waals surface area contributed by atoms with Crippen molar-refractivity contribution in [1.82, 2.24) is 4.90 Å². The molecule has 27 heavy (non-hydrogen) atoms. The number of benzene rings is 1. The highest BCUT2D eigenvalue weighted by atomic mass is 32.2. The van der Waals surface area contributed by atoms with Gasteiger partial charge < -0.3 is 4.90 Å². The van der Waals surface area contributed by atoms with Crippen molar-refractivity contribution in [3.63, 3.8) is 0 Å². The van der Waals surface area contributed by atoms with Crippen LogP contribution in [-0.2, 0) is 4.79 Å². The first-order valence-corrected chi connectivity index (χ1v) is 10.1. The van der Waals surface area contributed by atoms with Crippen LogP contribution in [0.4, 0.5) is 10.5 Å². The number of terminal acetylenes is 1. The third kappa shape index (κ3) is 3.39. The molecule has 1 saturated heterocycles. The molecule has 0 aliphatic carbocycles. The van der Waals surface area contributed by atoms with Gasteiger partial charge in [0.05, 0.1) is 11.4 Å². The maximum atomic E-state index is 12.5. The molecule has 0 saturated carbocycles. The Morgan fingerprint density at radius 3 is 2.70 bits per heavy atom. The predicted octanol–water partition coefficient (Wildman–Crippen LogP) is 4.78. The highest BCUT2D eigenvalue weighted by Gasteiger charge is 2.37. The molecule has 0 spiro atoms. The van der Waals surface area contributed by atoms with E-state index < -0.39 is 0 Å². The number of thioether (sulfide) groups is 1. The van der Waals surface area contributed by atoms with Gasteiger partial charge in [-0.15, -0.1) is 6.42 Å². The van der Waals surface area contributed by atoms with E-state index in [1.54, 1.807) is 0 Å². The van der Waals surface area contributed by atoms with E-state index in [0.717, 1.165) is 40.8 Å². The minimum Gasteiger partial charge on any atom is -0.366 e. The Kier molecular flexibility index (Phi) is 5.14. The summed E-state index contributed by atoms with van der Waals surface area (Å²) in [6, 6.07) is 4.40. The van der Waals surface area contributed by atoms with Gasteiger partial charge in [0, 0.05) is 17.8 Å². The lowest BCUT2D eigenvalue weighted by molar-refractivity contribution is -0.122. The third-order valence-electron chi connectivity index (χ3n) is 5.50. The van der Waals surface area contributed by atoms with Crippen LogP contribution in [0.5, 0.6) is 0 Å². The molecule has 0 bridgehead atoms. The van der Waals surface area contributed by atoms with Crippen molar-refractivity contribution in [3.8, 4) is 12.3 Å². The summed E-state index contributed by atoms with van der Waals surface area (Å²) in [7, 11) is 0. The molecule has 3 rings (SSSR count). The molecular weight excluding hydrogens is 356 g/mol. The molecule has 2 aliphatic rings. The summed E-state index contributed by atoms with van der Waals surface area (Å²) >= 11 is 0.961. The zero-order valence-corrected chi connectivity index (χ0v) is 17.4. The fraction of sp³-hybridized carbons (Fsp3) is 0.455. The zero-order valence-electron chi connectivity index (χ0n) is 16.6. The molecule has 2 heterocycles. The van der Waals surface area contributed by atoms with Gasteiger partial charge >= 0.3 is 0 Å². The van der Waals surface area contributed by atoms with Gasteiger partial charge in [0.1, 0.15) is 0 Å². The number of amides is 2. The number of carbonyl (C=O) groups is 2. The molecule has 142 valence electrons. The van der Waals surface area contributed by atoms with Gasteiger partial charge in [0.2, 0.25) is 0 Å². The molecule has 0 aromatic heterocycles. The first kappa shape index (κ1) is 19.6. The van der Waals surface area contributed by atoms with Gasteiger partial charge in [-0.25, -0.2) is 0 Å². The van der Waals surface area contributed by atoms with Gasteiger partial charge in [-0.05, 0) is 86.7 Å². The molecule has 4 nitrogen and oxygen atoms in total. The summed E-state index contributed by atoms with van der Waals surface area (Å²) in [5.41, 5.74) is 4.78. The summed E-state index contributed by atoms with van der Waals surface area (Å²) in [5.74, 6) is 2.50. The lowest BCUT2D eigenvalue weighted by Gasteiger charge is -2.47. The van der Waals surface area contributed by atoms with Crippen LogP contribution >= 0.6 is 11.8 Å². The normalized spacial score (nSPS) is 23.0. The molecule has 1 fully saturated rings. The second-order valence-electron chi connectivity index (χ2n) is 7.90. The molecule has 0 unspecified atom stereocenters. The number of carbonyl (C=O) groups excluding carboxylic acids is 2. The van der Waals surface area contributed by atoms with E-state index in [-0.39, 0.29) is 23.2 Å². The van der Waals surface area contributed by atoms with E-state index in [4.69, 9.17) is 6.42 Å². The number of hydrogen-bond donors (Lipinski definition) is 0. The number of fused-ring (bicyclic) bond motifs is 1. The number of imide groups is 1. The second-order valence-corrected chi connectivity index (χ2v) is 8.89. The minimum absolute atomic E-state index is 0.0166. The van der Waals surface area contributed by atoms with Gasteiger partial charge in [0.15, 0.2) is 0 Å². The monoisotopic (exact) mass is 382 g/mol. The molecule has 1 aromatic rings. The Morgan fingerprint density at radius 2 is 2.07 bits per heavy atom. The molecule has 0 radical (unpaired) electrons. The molecular formula is C22H26N2O2S. The van der Waals surface area contributed by atoms with Crippen molar-refractivity contribution in [1.29, 1.82) is 0 Å². The number of rotatable bonds is 3. The van der Waals surface area contributed by atoms with Gasteiger partial charge in [-0.1, -0.05) is 12.8 Å². The Hall–Kier alpha value is -2.19. The van der Waals surface area contributed by atoms with E-state index in [1.807, 2.05) is 6.08 Å². The van der Waals surface area contributed by atoms with Crippen LogP contribution in [0.2, 0.25) is 0 Å². The van der Waals surface area contributed by atoms with Crippen molar-refractivity contribution < 1.29 is 9.59 Å². The highest BCUT2D eigenvalue weighted by molar-refractivity contribution is 8.18. The summed E-state index contributed by atoms with van der Waals surface area (Å²) in [6.07, 6.45) is 8.18. The van der Waals surface area contributed by atoms with Gasteiger partial charge in [-0.2, -0.15) is 0 Å². The molecule has 1 atom stereocenters. The van der Waals surface area contributed by atoms with E-state index >= 15 is 0 Å². The first-order valence-electron chi connectivity index (χ1n) is 9.30. The zero-order chi connectivity index (χ0) is 19.9. The average molecular weight is 383 g/mol. The highest BCUT2D eigenvalue weighted by Crippen LogP contribution is 2.44. The largest absolute Gasteiger partial charge is 0.366 e. The van der Waals surface area contributed by atoms with Crippen LogP contribution in [0.1, 0.15) is 56.7 Å². The molecule has 2 aliphatic heterocycles. The van der Waals surface area contributed by atoms with Crippen LogP contribution in [-0.4, -0.2) is 34.7 Å². The third-order valence-corrected chi connectivity index (χ3v) is 6.41. The first-order chi connectivity index (χ1) is 12.7. The predicted molar refractivity (Wildman–Crippen MR) is 113 cm³/mol. The Morgan fingerprint density at radius 1 is 1.37 bits per heavy atom. The van der Waals surface area contributed by atoms with Crippen LogP contribution in [0.3, 0.4) is 0 Å². The molecule has 5 heteroatoms. The van der Waals surface area contributed by atoms with Crippen LogP contribution in [0.15, 0.2) is 17.0 Å². The summed E-state index contributed by atoms with van der Waals surface area (Å²) in [6.45, 7) is 12.1. The average Bonchev–Trinajstić information content (AvgIpc) is 2.84. The smallest absolute Gasteiger partial charge is 0.294 e. The Labute approximate surface area is 166 Å². The van der Waals surface area contributed by atoms with Crippen molar-refractivity contribution >= 4 is 34.7 Å². The van der Waals surface area contributed by atoms with E-state index in [0.29, 0.717) is 10.8 Å². The van der Waals surface area contributed by atoms with Crippen molar-refractivity contribution in [2.75, 3.05) is 18.0 Å². The fourth-order valence-corrected chi connectivity index (χ4v) is 5.10. The lowest BCUT2D eigenvalue weighted by atomic mass is 9.79. The Balaban J connectivity index is 2.03. The minimum atomic E-state index is -0.301. The fourth-order valence-electron chi connectivity index (χ4n) is 4.27. The lowest BCUT2D eigenvalue weighted by Crippen LogP contribution is -2.48.